The number of hydrogen-bond acceptors (Lipinski definition) is 6. The molecule has 2 N–H and O–H groups in total. The van der Waals surface area contributed by atoms with Gasteiger partial charge in [0.15, 0.2) is 10.3 Å². The summed E-state index contributed by atoms with van der Waals surface area (Å²) in [7, 11) is 0. The molecule has 0 aliphatic heterocycles. The number of aromatic nitrogens is 3. The summed E-state index contributed by atoms with van der Waals surface area (Å²) in [5, 5.41) is 13.6. The lowest BCUT2D eigenvalue weighted by Gasteiger charge is -2.08. The first kappa shape index (κ1) is 20.6. The van der Waals surface area contributed by atoms with Crippen LogP contribution in [0.2, 0.25) is 0 Å². The van der Waals surface area contributed by atoms with Gasteiger partial charge in [-0.05, 0) is 37.1 Å². The number of amides is 1. The van der Waals surface area contributed by atoms with Gasteiger partial charge in [-0.2, -0.15) is 0 Å². The van der Waals surface area contributed by atoms with Gasteiger partial charge in [-0.15, -0.1) is 0 Å². The first-order valence-corrected chi connectivity index (χ1v) is 11.3. The Morgan fingerprint density at radius 1 is 1.13 bits per heavy atom. The van der Waals surface area contributed by atoms with Crippen LogP contribution in [0.15, 0.2) is 53.8 Å². The van der Waals surface area contributed by atoms with E-state index in [-0.39, 0.29) is 18.3 Å². The first-order chi connectivity index (χ1) is 14.5. The maximum absolute atomic E-state index is 12.5. The number of thiazole rings is 1. The van der Waals surface area contributed by atoms with E-state index in [0.29, 0.717) is 22.5 Å². The van der Waals surface area contributed by atoms with Gasteiger partial charge < -0.3 is 15.0 Å². The number of imidazole rings is 1. The van der Waals surface area contributed by atoms with Crippen LogP contribution in [0.4, 0.5) is 5.13 Å². The standard InChI is InChI=1S/C22H22N4O2S2/c1-14-3-6-16(7-4-14)10-26-11-17(12-27)23-22(26)29-13-20(28)25-21-24-18-8-5-15(2)9-19(18)30-21/h3-9,11,27H,10,12-13H2,1-2H3,(H,24,25,28). The molecule has 0 fully saturated rings. The molecule has 0 unspecified atom stereocenters. The Morgan fingerprint density at radius 2 is 1.90 bits per heavy atom. The van der Waals surface area contributed by atoms with E-state index in [4.69, 9.17) is 0 Å². The molecule has 2 aromatic carbocycles. The number of benzene rings is 2. The molecular formula is C22H22N4O2S2. The number of carbonyl (C=O) groups is 1. The van der Waals surface area contributed by atoms with Crippen LogP contribution in [-0.2, 0) is 17.9 Å². The van der Waals surface area contributed by atoms with Gasteiger partial charge in [-0.25, -0.2) is 9.97 Å². The van der Waals surface area contributed by atoms with Gasteiger partial charge in [0.2, 0.25) is 5.91 Å². The highest BCUT2D eigenvalue weighted by Crippen LogP contribution is 2.27. The summed E-state index contributed by atoms with van der Waals surface area (Å²) in [5.41, 5.74) is 4.98. The highest BCUT2D eigenvalue weighted by molar-refractivity contribution is 7.99. The Labute approximate surface area is 183 Å². The van der Waals surface area contributed by atoms with Crippen LogP contribution in [0, 0.1) is 13.8 Å². The summed E-state index contributed by atoms with van der Waals surface area (Å²) in [6.45, 7) is 4.59. The summed E-state index contributed by atoms with van der Waals surface area (Å²) in [4.78, 5) is 21.4. The number of nitrogens with zero attached hydrogens (tertiary/aromatic N) is 3. The van der Waals surface area contributed by atoms with Gasteiger partial charge in [-0.3, -0.25) is 4.79 Å². The quantitative estimate of drug-likeness (QED) is 0.419. The molecule has 0 bridgehead atoms. The van der Waals surface area contributed by atoms with Crippen LogP contribution < -0.4 is 5.32 Å². The fourth-order valence-corrected chi connectivity index (χ4v) is 4.79. The molecule has 0 saturated heterocycles. The minimum Gasteiger partial charge on any atom is -0.390 e. The topological polar surface area (TPSA) is 80.0 Å². The highest BCUT2D eigenvalue weighted by atomic mass is 32.2. The van der Waals surface area contributed by atoms with Crippen molar-refractivity contribution in [2.45, 2.75) is 32.2 Å². The van der Waals surface area contributed by atoms with E-state index in [9.17, 15) is 9.90 Å². The smallest absolute Gasteiger partial charge is 0.236 e. The highest BCUT2D eigenvalue weighted by Gasteiger charge is 2.13. The molecule has 6 nitrogen and oxygen atoms in total. The predicted molar refractivity (Wildman–Crippen MR) is 122 cm³/mol. The van der Waals surface area contributed by atoms with Crippen LogP contribution in [0.25, 0.3) is 10.2 Å². The normalized spacial score (nSPS) is 11.2. The van der Waals surface area contributed by atoms with Crippen molar-refractivity contribution < 1.29 is 9.90 Å². The van der Waals surface area contributed by atoms with E-state index in [1.54, 1.807) is 0 Å². The lowest BCUT2D eigenvalue weighted by molar-refractivity contribution is -0.113. The second kappa shape index (κ2) is 8.99. The molecule has 154 valence electrons. The summed E-state index contributed by atoms with van der Waals surface area (Å²) in [6, 6.07) is 14.3. The maximum atomic E-state index is 12.5. The number of hydrogen-bond donors (Lipinski definition) is 2. The fourth-order valence-electron chi connectivity index (χ4n) is 3.02. The maximum Gasteiger partial charge on any atom is 0.236 e. The minimum absolute atomic E-state index is 0.133. The van der Waals surface area contributed by atoms with Crippen molar-refractivity contribution in [1.29, 1.82) is 0 Å². The average Bonchev–Trinajstić information content (AvgIpc) is 3.30. The second-order valence-electron chi connectivity index (χ2n) is 7.11. The van der Waals surface area contributed by atoms with Crippen molar-refractivity contribution >= 4 is 44.4 Å². The number of nitrogens with one attached hydrogen (secondary N) is 1. The molecule has 0 aliphatic carbocycles. The zero-order valence-electron chi connectivity index (χ0n) is 16.8. The van der Waals surface area contributed by atoms with E-state index in [1.807, 2.05) is 29.8 Å². The summed E-state index contributed by atoms with van der Waals surface area (Å²) >= 11 is 2.82. The average molecular weight is 439 g/mol. The van der Waals surface area contributed by atoms with Gasteiger partial charge in [0.25, 0.3) is 0 Å². The molecule has 1 amide bonds. The SMILES string of the molecule is Cc1ccc(Cn2cc(CO)nc2SCC(=O)Nc2nc3ccc(C)cc3s2)cc1. The predicted octanol–water partition coefficient (Wildman–Crippen LogP) is 4.38. The van der Waals surface area contributed by atoms with Gasteiger partial charge in [-0.1, -0.05) is 59.0 Å². The van der Waals surface area contributed by atoms with Crippen molar-refractivity contribution in [1.82, 2.24) is 14.5 Å². The number of aliphatic hydroxyl groups is 1. The van der Waals surface area contributed by atoms with Gasteiger partial charge >= 0.3 is 0 Å². The Morgan fingerprint density at radius 3 is 2.67 bits per heavy atom. The zero-order valence-corrected chi connectivity index (χ0v) is 18.4. The molecule has 2 aromatic heterocycles. The summed E-state index contributed by atoms with van der Waals surface area (Å²) < 4.78 is 3.02. The van der Waals surface area contributed by atoms with Crippen molar-refractivity contribution in [3.05, 3.63) is 71.0 Å². The van der Waals surface area contributed by atoms with Crippen molar-refractivity contribution in [2.24, 2.45) is 0 Å². The zero-order chi connectivity index (χ0) is 21.1. The molecule has 0 spiro atoms. The van der Waals surface area contributed by atoms with Crippen LogP contribution in [0.3, 0.4) is 0 Å². The fraction of sp³-hybridized carbons (Fsp3) is 0.227. The lowest BCUT2D eigenvalue weighted by Crippen LogP contribution is -2.14. The Hall–Kier alpha value is -2.68. The van der Waals surface area contributed by atoms with Gasteiger partial charge in [0.1, 0.15) is 0 Å². The minimum atomic E-state index is -0.133. The molecule has 4 rings (SSSR count). The second-order valence-corrected chi connectivity index (χ2v) is 9.09. The molecule has 2 heterocycles. The molecule has 8 heteroatoms. The van der Waals surface area contributed by atoms with Crippen molar-refractivity contribution in [3.63, 3.8) is 0 Å². The lowest BCUT2D eigenvalue weighted by atomic mass is 10.1. The number of fused-ring (bicyclic) bond motifs is 1. The van der Waals surface area contributed by atoms with Crippen LogP contribution >= 0.6 is 23.1 Å². The van der Waals surface area contributed by atoms with Gasteiger partial charge in [0.05, 0.1) is 28.3 Å². The van der Waals surface area contributed by atoms with E-state index >= 15 is 0 Å². The molecule has 4 aromatic rings. The number of thioether (sulfide) groups is 1. The first-order valence-electron chi connectivity index (χ1n) is 9.52. The van der Waals surface area contributed by atoms with Crippen LogP contribution in [0.5, 0.6) is 0 Å². The Bertz CT molecular complexity index is 1180. The van der Waals surface area contributed by atoms with E-state index in [0.717, 1.165) is 15.8 Å². The molecule has 30 heavy (non-hydrogen) atoms. The van der Waals surface area contributed by atoms with Gasteiger partial charge in [0, 0.05) is 12.7 Å². The third-order valence-electron chi connectivity index (χ3n) is 4.55. The Kier molecular flexibility index (Phi) is 6.17. The Balaban J connectivity index is 1.42. The number of anilines is 1. The molecule has 0 radical (unpaired) electrons. The molecule has 0 atom stereocenters. The van der Waals surface area contributed by atoms with Crippen molar-refractivity contribution in [3.8, 4) is 0 Å². The van der Waals surface area contributed by atoms with Crippen LogP contribution in [0.1, 0.15) is 22.4 Å². The van der Waals surface area contributed by atoms with E-state index < -0.39 is 0 Å². The number of aliphatic hydroxyl groups excluding tert-OH is 1. The third kappa shape index (κ3) is 4.89. The summed E-state index contributed by atoms with van der Waals surface area (Å²) in [6.07, 6.45) is 1.83. The van der Waals surface area contributed by atoms with Crippen LogP contribution in [-0.4, -0.2) is 31.3 Å². The number of carbonyl (C=O) groups excluding carboxylic acids is 1. The largest absolute Gasteiger partial charge is 0.390 e. The molecule has 0 aliphatic rings. The number of aryl methyl sites for hydroxylation is 2. The van der Waals surface area contributed by atoms with E-state index in [1.165, 1.54) is 34.2 Å². The monoisotopic (exact) mass is 438 g/mol. The van der Waals surface area contributed by atoms with E-state index in [2.05, 4.69) is 52.5 Å². The molecular weight excluding hydrogens is 416 g/mol. The van der Waals surface area contributed by atoms with Crippen molar-refractivity contribution in [2.75, 3.05) is 11.1 Å². The third-order valence-corrected chi connectivity index (χ3v) is 6.47. The molecule has 0 saturated carbocycles. The summed E-state index contributed by atoms with van der Waals surface area (Å²) in [5.74, 6) is 0.0799. The number of rotatable bonds is 7.